The number of carbonyl (C=O) groups is 1. The van der Waals surface area contributed by atoms with Crippen molar-refractivity contribution >= 4 is 23.8 Å². The van der Waals surface area contributed by atoms with Crippen molar-refractivity contribution in [3.8, 4) is 0 Å². The zero-order valence-electron chi connectivity index (χ0n) is 19.3. The fraction of sp³-hybridized carbons (Fsp3) is 0.565. The minimum atomic E-state index is -0.331. The third kappa shape index (κ3) is 6.29. The number of anilines is 3. The number of nitrogens with zero attached hydrogens (tertiary/aromatic N) is 5. The molecule has 0 unspecified atom stereocenters. The number of nitrogens with one attached hydrogen (secondary N) is 1. The van der Waals surface area contributed by atoms with Crippen molar-refractivity contribution in [1.29, 1.82) is 0 Å². The Morgan fingerprint density at radius 1 is 0.970 bits per heavy atom. The molecule has 2 aliphatic heterocycles. The van der Waals surface area contributed by atoms with Crippen LogP contribution in [0.25, 0.3) is 0 Å². The quantitative estimate of drug-likeness (QED) is 0.593. The molecule has 0 radical (unpaired) electrons. The van der Waals surface area contributed by atoms with Crippen LogP contribution in [0.15, 0.2) is 24.3 Å². The molecule has 10 nitrogen and oxygen atoms in total. The zero-order chi connectivity index (χ0) is 23.0. The first kappa shape index (κ1) is 23.2. The number of morpholine rings is 2. The Labute approximate surface area is 194 Å². The molecular formula is C23H32N6O4. The van der Waals surface area contributed by atoms with Crippen LogP contribution in [0, 0.1) is 6.92 Å². The number of hydrogen-bond donors (Lipinski definition) is 1. The smallest absolute Gasteiger partial charge is 0.308 e. The van der Waals surface area contributed by atoms with Gasteiger partial charge in [-0.3, -0.25) is 4.79 Å². The summed E-state index contributed by atoms with van der Waals surface area (Å²) in [7, 11) is 0. The van der Waals surface area contributed by atoms with Gasteiger partial charge in [0.25, 0.3) is 0 Å². The minimum Gasteiger partial charge on any atom is -0.466 e. The van der Waals surface area contributed by atoms with Crippen LogP contribution in [0.1, 0.15) is 30.5 Å². The van der Waals surface area contributed by atoms with E-state index in [1.54, 1.807) is 6.92 Å². The van der Waals surface area contributed by atoms with Crippen molar-refractivity contribution in [2.24, 2.45) is 0 Å². The molecule has 0 amide bonds. The van der Waals surface area contributed by atoms with Crippen molar-refractivity contribution in [1.82, 2.24) is 15.0 Å². The summed E-state index contributed by atoms with van der Waals surface area (Å²) in [6, 6.07) is 7.75. The van der Waals surface area contributed by atoms with Crippen LogP contribution in [0.4, 0.5) is 17.8 Å². The van der Waals surface area contributed by atoms with Gasteiger partial charge in [-0.1, -0.05) is 29.8 Å². The van der Waals surface area contributed by atoms with Gasteiger partial charge in [0.2, 0.25) is 17.8 Å². The number of carbonyl (C=O) groups excluding carboxylic acids is 1. The molecule has 0 saturated carbocycles. The van der Waals surface area contributed by atoms with Gasteiger partial charge >= 0.3 is 5.97 Å². The monoisotopic (exact) mass is 456 g/mol. The van der Waals surface area contributed by atoms with Crippen molar-refractivity contribution in [3.63, 3.8) is 0 Å². The lowest BCUT2D eigenvalue weighted by Gasteiger charge is -2.30. The highest BCUT2D eigenvalue weighted by Gasteiger charge is 2.23. The summed E-state index contributed by atoms with van der Waals surface area (Å²) in [5.74, 6) is 1.38. The summed E-state index contributed by atoms with van der Waals surface area (Å²) in [5.41, 5.74) is 2.12. The van der Waals surface area contributed by atoms with Crippen LogP contribution >= 0.6 is 0 Å². The Balaban J connectivity index is 1.64. The molecule has 3 heterocycles. The highest BCUT2D eigenvalue weighted by molar-refractivity contribution is 5.71. The van der Waals surface area contributed by atoms with Crippen LogP contribution in [0.5, 0.6) is 0 Å². The Morgan fingerprint density at radius 3 is 2.03 bits per heavy atom. The molecule has 1 N–H and O–H groups in total. The van der Waals surface area contributed by atoms with Crippen molar-refractivity contribution < 1.29 is 19.0 Å². The van der Waals surface area contributed by atoms with E-state index in [0.717, 1.165) is 37.3 Å². The van der Waals surface area contributed by atoms with Crippen molar-refractivity contribution in [2.45, 2.75) is 26.3 Å². The molecule has 10 heteroatoms. The molecule has 0 bridgehead atoms. The maximum absolute atomic E-state index is 12.4. The fourth-order valence-electron chi connectivity index (χ4n) is 3.82. The number of rotatable bonds is 8. The molecule has 0 aliphatic carbocycles. The molecule has 33 heavy (non-hydrogen) atoms. The number of aromatic nitrogens is 3. The topological polar surface area (TPSA) is 102 Å². The first-order chi connectivity index (χ1) is 16.1. The Kier molecular flexibility index (Phi) is 7.90. The molecule has 1 aromatic heterocycles. The lowest BCUT2D eigenvalue weighted by Crippen LogP contribution is -2.40. The van der Waals surface area contributed by atoms with Gasteiger partial charge in [0.1, 0.15) is 0 Å². The van der Waals surface area contributed by atoms with Crippen molar-refractivity contribution in [3.05, 3.63) is 35.4 Å². The van der Waals surface area contributed by atoms with Gasteiger partial charge in [-0.2, -0.15) is 15.0 Å². The number of hydrogen-bond acceptors (Lipinski definition) is 10. The first-order valence-electron chi connectivity index (χ1n) is 11.5. The molecular weight excluding hydrogens is 424 g/mol. The maximum Gasteiger partial charge on any atom is 0.308 e. The van der Waals surface area contributed by atoms with Gasteiger partial charge in [0, 0.05) is 26.2 Å². The van der Waals surface area contributed by atoms with E-state index in [1.165, 1.54) is 0 Å². The molecule has 2 saturated heterocycles. The van der Waals surface area contributed by atoms with Gasteiger partial charge in [0.05, 0.1) is 45.5 Å². The van der Waals surface area contributed by atoms with E-state index in [1.807, 2.05) is 31.2 Å². The lowest BCUT2D eigenvalue weighted by atomic mass is 10.0. The summed E-state index contributed by atoms with van der Waals surface area (Å²) < 4.78 is 16.2. The third-order valence-electron chi connectivity index (χ3n) is 5.66. The summed E-state index contributed by atoms with van der Waals surface area (Å²) in [4.78, 5) is 30.7. The number of aryl methyl sites for hydroxylation is 1. The van der Waals surface area contributed by atoms with Crippen LogP contribution in [0.3, 0.4) is 0 Å². The summed E-state index contributed by atoms with van der Waals surface area (Å²) in [6.45, 7) is 9.60. The summed E-state index contributed by atoms with van der Waals surface area (Å²) in [5, 5.41) is 3.38. The zero-order valence-corrected chi connectivity index (χ0v) is 19.3. The minimum absolute atomic E-state index is 0.169. The van der Waals surface area contributed by atoms with E-state index < -0.39 is 0 Å². The largest absolute Gasteiger partial charge is 0.466 e. The Morgan fingerprint density at radius 2 is 1.52 bits per heavy atom. The van der Waals surface area contributed by atoms with E-state index in [-0.39, 0.29) is 18.4 Å². The van der Waals surface area contributed by atoms with E-state index in [2.05, 4.69) is 15.1 Å². The molecule has 0 spiro atoms. The second kappa shape index (κ2) is 11.2. The number of ether oxygens (including phenoxy) is 3. The normalized spacial score (nSPS) is 17.5. The number of benzene rings is 1. The van der Waals surface area contributed by atoms with Crippen LogP contribution in [0.2, 0.25) is 0 Å². The Hall–Kier alpha value is -2.98. The van der Waals surface area contributed by atoms with E-state index in [0.29, 0.717) is 50.9 Å². The Bertz CT molecular complexity index is 877. The van der Waals surface area contributed by atoms with E-state index in [9.17, 15) is 4.79 Å². The average molecular weight is 457 g/mol. The standard InChI is InChI=1S/C23H32N6O4/c1-3-33-20(30)16-19(18-6-4-17(2)5-7-18)24-21-25-22(28-8-12-31-13-9-28)27-23(26-21)29-10-14-32-15-11-29/h4-7,19H,3,8-16H2,1-2H3,(H,24,25,26,27)/t19-/m0/s1. The van der Waals surface area contributed by atoms with Crippen LogP contribution < -0.4 is 15.1 Å². The second-order valence-electron chi connectivity index (χ2n) is 8.07. The number of esters is 1. The third-order valence-corrected chi connectivity index (χ3v) is 5.66. The maximum atomic E-state index is 12.4. The second-order valence-corrected chi connectivity index (χ2v) is 8.07. The molecule has 2 aromatic rings. The highest BCUT2D eigenvalue weighted by atomic mass is 16.5. The van der Waals surface area contributed by atoms with Gasteiger partial charge in [-0.25, -0.2) is 0 Å². The van der Waals surface area contributed by atoms with E-state index in [4.69, 9.17) is 29.2 Å². The van der Waals surface area contributed by atoms with Gasteiger partial charge in [-0.15, -0.1) is 0 Å². The molecule has 1 aromatic carbocycles. The van der Waals surface area contributed by atoms with E-state index >= 15 is 0 Å². The predicted octanol–water partition coefficient (Wildman–Crippen LogP) is 1.96. The van der Waals surface area contributed by atoms with Crippen LogP contribution in [-0.2, 0) is 19.0 Å². The lowest BCUT2D eigenvalue weighted by molar-refractivity contribution is -0.143. The predicted molar refractivity (Wildman–Crippen MR) is 125 cm³/mol. The highest BCUT2D eigenvalue weighted by Crippen LogP contribution is 2.25. The molecule has 4 rings (SSSR count). The van der Waals surface area contributed by atoms with Gasteiger partial charge < -0.3 is 29.3 Å². The fourth-order valence-corrected chi connectivity index (χ4v) is 3.82. The first-order valence-corrected chi connectivity index (χ1v) is 11.5. The SMILES string of the molecule is CCOC(=O)C[C@H](Nc1nc(N2CCOCC2)nc(N2CCOCC2)n1)c1ccc(C)cc1. The van der Waals surface area contributed by atoms with Crippen LogP contribution in [-0.4, -0.2) is 80.1 Å². The summed E-state index contributed by atoms with van der Waals surface area (Å²) >= 11 is 0. The molecule has 1 atom stereocenters. The summed E-state index contributed by atoms with van der Waals surface area (Å²) in [6.07, 6.45) is 0.169. The van der Waals surface area contributed by atoms with Gasteiger partial charge in [-0.05, 0) is 19.4 Å². The average Bonchev–Trinajstić information content (AvgIpc) is 2.85. The molecule has 178 valence electrons. The van der Waals surface area contributed by atoms with Crippen molar-refractivity contribution in [2.75, 3.05) is 74.3 Å². The molecule has 2 aliphatic rings. The molecule has 2 fully saturated rings. The van der Waals surface area contributed by atoms with Gasteiger partial charge in [0.15, 0.2) is 0 Å².